The summed E-state index contributed by atoms with van der Waals surface area (Å²) >= 11 is 0. The molecule has 1 aliphatic rings. The minimum atomic E-state index is -0.320. The lowest BCUT2D eigenvalue weighted by atomic mass is 9.95. The summed E-state index contributed by atoms with van der Waals surface area (Å²) in [4.78, 5) is 32.1. The maximum absolute atomic E-state index is 12.8. The van der Waals surface area contributed by atoms with Gasteiger partial charge in [0.25, 0.3) is 5.91 Å². The Balaban J connectivity index is 2.31. The van der Waals surface area contributed by atoms with E-state index in [9.17, 15) is 9.59 Å². The number of hydrogen-bond donors (Lipinski definition) is 0. The zero-order valence-electron chi connectivity index (χ0n) is 19.1. The summed E-state index contributed by atoms with van der Waals surface area (Å²) in [5, 5.41) is 4.24. The van der Waals surface area contributed by atoms with Crippen LogP contribution < -0.4 is 0 Å². The highest BCUT2D eigenvalue weighted by Crippen LogP contribution is 2.20. The highest BCUT2D eigenvalue weighted by atomic mass is 16.6. The fraction of sp³-hybridized carbons (Fsp3) is 0.480. The molecule has 0 atom stereocenters. The summed E-state index contributed by atoms with van der Waals surface area (Å²) < 4.78 is 5.50. The van der Waals surface area contributed by atoms with Gasteiger partial charge < -0.3 is 14.5 Å². The number of hydrogen-bond acceptors (Lipinski definition) is 5. The maximum Gasteiger partial charge on any atom is 0.338 e. The summed E-state index contributed by atoms with van der Waals surface area (Å²) in [6.45, 7) is 9.31. The van der Waals surface area contributed by atoms with Gasteiger partial charge in [-0.2, -0.15) is 0 Å². The third-order valence-corrected chi connectivity index (χ3v) is 5.12. The number of cyclic esters (lactones) is 1. The average molecular weight is 427 g/mol. The summed E-state index contributed by atoms with van der Waals surface area (Å²) in [6, 6.07) is 3.97. The Labute approximate surface area is 185 Å². The lowest BCUT2D eigenvalue weighted by Crippen LogP contribution is -2.33. The second kappa shape index (κ2) is 12.7. The van der Waals surface area contributed by atoms with Crippen molar-refractivity contribution >= 4 is 17.6 Å². The average Bonchev–Trinajstić information content (AvgIpc) is 2.72. The highest BCUT2D eigenvalue weighted by Gasteiger charge is 2.18. The van der Waals surface area contributed by atoms with Gasteiger partial charge in [0.15, 0.2) is 6.61 Å². The van der Waals surface area contributed by atoms with Crippen LogP contribution in [0.3, 0.4) is 0 Å². The van der Waals surface area contributed by atoms with E-state index in [0.717, 1.165) is 29.5 Å². The zero-order valence-corrected chi connectivity index (χ0v) is 19.1. The van der Waals surface area contributed by atoms with Crippen LogP contribution >= 0.6 is 0 Å². The fourth-order valence-corrected chi connectivity index (χ4v) is 3.58. The van der Waals surface area contributed by atoms with Crippen LogP contribution in [0.25, 0.3) is 0 Å². The fourth-order valence-electron chi connectivity index (χ4n) is 3.58. The largest absolute Gasteiger partial charge is 0.462 e. The molecule has 31 heavy (non-hydrogen) atoms. The number of oxime groups is 1. The number of ether oxygens (including phenoxy) is 1. The first-order valence-electron chi connectivity index (χ1n) is 11.0. The number of esters is 1. The van der Waals surface area contributed by atoms with Crippen molar-refractivity contribution in [2.45, 2.75) is 53.4 Å². The van der Waals surface area contributed by atoms with Gasteiger partial charge in [-0.25, -0.2) is 4.79 Å². The van der Waals surface area contributed by atoms with Gasteiger partial charge in [-0.3, -0.25) is 4.79 Å². The minimum absolute atomic E-state index is 0.0972. The van der Waals surface area contributed by atoms with Crippen LogP contribution in [0.2, 0.25) is 0 Å². The number of fused-ring (bicyclic) bond motifs is 1. The van der Waals surface area contributed by atoms with E-state index in [1.165, 1.54) is 0 Å². The van der Waals surface area contributed by atoms with Crippen LogP contribution in [0.15, 0.2) is 41.6 Å². The summed E-state index contributed by atoms with van der Waals surface area (Å²) in [6.07, 6.45) is 11.0. The molecule has 1 amide bonds. The van der Waals surface area contributed by atoms with Gasteiger partial charge in [0.1, 0.15) is 0 Å². The number of carbonyl (C=O) groups is 2. The van der Waals surface area contributed by atoms with E-state index in [1.54, 1.807) is 4.90 Å². The normalized spacial score (nSPS) is 17.4. The molecule has 0 unspecified atom stereocenters. The van der Waals surface area contributed by atoms with Gasteiger partial charge in [0.05, 0.1) is 17.9 Å². The number of likely N-dealkylation sites (N-methyl/N-ethyl adjacent to an activating group) is 1. The van der Waals surface area contributed by atoms with Crippen LogP contribution in [-0.2, 0) is 20.8 Å². The first kappa shape index (κ1) is 24.4. The Kier molecular flexibility index (Phi) is 10.0. The second-order valence-corrected chi connectivity index (χ2v) is 7.59. The first-order chi connectivity index (χ1) is 15.0. The Morgan fingerprint density at radius 3 is 2.55 bits per heavy atom. The molecule has 2 rings (SSSR count). The molecule has 6 heteroatoms. The second-order valence-electron chi connectivity index (χ2n) is 7.59. The SMILES string of the molecule is CCN(CC)C(=O)CO/N=C1/C=CCC/C=C/CCOC(=O)c2c(C)cc(C)cc2C1. The number of carbonyl (C=O) groups excluding carboxylic acids is 2. The Bertz CT molecular complexity index is 851. The van der Waals surface area contributed by atoms with E-state index in [0.29, 0.717) is 43.8 Å². The van der Waals surface area contributed by atoms with Crippen LogP contribution in [0, 0.1) is 13.8 Å². The molecule has 1 heterocycles. The Morgan fingerprint density at radius 2 is 1.81 bits per heavy atom. The highest BCUT2D eigenvalue weighted by molar-refractivity contribution is 6.00. The smallest absolute Gasteiger partial charge is 0.338 e. The van der Waals surface area contributed by atoms with Crippen LogP contribution in [0.4, 0.5) is 0 Å². The van der Waals surface area contributed by atoms with E-state index in [1.807, 2.05) is 58.1 Å². The molecule has 0 radical (unpaired) electrons. The first-order valence-corrected chi connectivity index (χ1v) is 11.0. The van der Waals surface area contributed by atoms with Crippen molar-refractivity contribution in [2.24, 2.45) is 5.16 Å². The van der Waals surface area contributed by atoms with Crippen molar-refractivity contribution in [1.82, 2.24) is 4.90 Å². The zero-order chi connectivity index (χ0) is 22.6. The molecule has 1 aliphatic heterocycles. The van der Waals surface area contributed by atoms with Gasteiger partial charge >= 0.3 is 5.97 Å². The number of amides is 1. The molecule has 0 saturated carbocycles. The van der Waals surface area contributed by atoms with Crippen molar-refractivity contribution in [3.05, 3.63) is 58.7 Å². The van der Waals surface area contributed by atoms with Crippen molar-refractivity contribution < 1.29 is 19.2 Å². The molecule has 0 bridgehead atoms. The van der Waals surface area contributed by atoms with Gasteiger partial charge in [-0.1, -0.05) is 41.1 Å². The molecule has 1 aromatic rings. The molecule has 0 spiro atoms. The predicted octanol–water partition coefficient (Wildman–Crippen LogP) is 4.54. The Hall–Kier alpha value is -2.89. The van der Waals surface area contributed by atoms with E-state index in [-0.39, 0.29) is 18.5 Å². The van der Waals surface area contributed by atoms with Gasteiger partial charge in [0.2, 0.25) is 0 Å². The third kappa shape index (κ3) is 7.70. The number of nitrogens with zero attached hydrogens (tertiary/aromatic N) is 2. The lowest BCUT2D eigenvalue weighted by molar-refractivity contribution is -0.135. The topological polar surface area (TPSA) is 68.2 Å². The number of aryl methyl sites for hydroxylation is 2. The molecular formula is C25H34N2O4. The molecule has 0 saturated heterocycles. The van der Waals surface area contributed by atoms with Gasteiger partial charge in [-0.15, -0.1) is 0 Å². The van der Waals surface area contributed by atoms with E-state index < -0.39 is 0 Å². The van der Waals surface area contributed by atoms with E-state index in [2.05, 4.69) is 11.2 Å². The van der Waals surface area contributed by atoms with Crippen molar-refractivity contribution in [3.8, 4) is 0 Å². The van der Waals surface area contributed by atoms with E-state index >= 15 is 0 Å². The minimum Gasteiger partial charge on any atom is -0.462 e. The van der Waals surface area contributed by atoms with E-state index in [4.69, 9.17) is 9.57 Å². The third-order valence-electron chi connectivity index (χ3n) is 5.12. The van der Waals surface area contributed by atoms with Crippen molar-refractivity contribution in [3.63, 3.8) is 0 Å². The molecule has 1 aromatic carbocycles. The summed E-state index contributed by atoms with van der Waals surface area (Å²) in [5.41, 5.74) is 4.02. The van der Waals surface area contributed by atoms with Gasteiger partial charge in [-0.05, 0) is 64.2 Å². The standard InChI is InChI=1S/C25H34N2O4/c1-5-27(6-2)23(28)18-31-26-22-13-11-9-7-8-10-12-14-30-25(29)24-20(4)15-19(3)16-21(24)17-22/h8,10-11,13,15-16H,5-7,9,12,14,17-18H2,1-4H3/b10-8+,13-11?,26-22-. The van der Waals surface area contributed by atoms with Crippen LogP contribution in [0.1, 0.15) is 60.2 Å². The lowest BCUT2D eigenvalue weighted by Gasteiger charge is -2.17. The van der Waals surface area contributed by atoms with Crippen molar-refractivity contribution in [1.29, 1.82) is 0 Å². The predicted molar refractivity (Wildman–Crippen MR) is 123 cm³/mol. The number of allylic oxidation sites excluding steroid dienone is 3. The number of rotatable bonds is 5. The summed E-state index contributed by atoms with van der Waals surface area (Å²) in [7, 11) is 0. The molecule has 0 aromatic heterocycles. The molecule has 168 valence electrons. The van der Waals surface area contributed by atoms with Crippen LogP contribution in [-0.4, -0.2) is 48.8 Å². The summed E-state index contributed by atoms with van der Waals surface area (Å²) in [5.74, 6) is -0.418. The van der Waals surface area contributed by atoms with Gasteiger partial charge in [0, 0.05) is 19.5 Å². The monoisotopic (exact) mass is 426 g/mol. The molecule has 6 nitrogen and oxygen atoms in total. The molecular weight excluding hydrogens is 392 g/mol. The molecule has 0 N–H and O–H groups in total. The maximum atomic E-state index is 12.8. The number of benzene rings is 1. The molecule has 0 fully saturated rings. The van der Waals surface area contributed by atoms with Crippen molar-refractivity contribution in [2.75, 3.05) is 26.3 Å². The molecule has 0 aliphatic carbocycles. The Morgan fingerprint density at radius 1 is 1.10 bits per heavy atom. The quantitative estimate of drug-likeness (QED) is 0.394. The van der Waals surface area contributed by atoms with Crippen LogP contribution in [0.5, 0.6) is 0 Å².